The lowest BCUT2D eigenvalue weighted by atomic mass is 10.2. The highest BCUT2D eigenvalue weighted by atomic mass is 32.1. The molecule has 1 amide bonds. The smallest absolute Gasteiger partial charge is 0.416 e. The van der Waals surface area contributed by atoms with E-state index in [4.69, 9.17) is 14.2 Å². The fourth-order valence-corrected chi connectivity index (χ4v) is 2.98. The highest BCUT2D eigenvalue weighted by Gasteiger charge is 2.36. The van der Waals surface area contributed by atoms with E-state index in [1.165, 1.54) is 17.4 Å². The lowest BCUT2D eigenvalue weighted by Gasteiger charge is -2.27. The average Bonchev–Trinajstić information content (AvgIpc) is 3.08. The van der Waals surface area contributed by atoms with E-state index in [1.807, 2.05) is 13.8 Å². The second kappa shape index (κ2) is 7.27. The minimum Gasteiger partial charge on any atom is -0.464 e. The molecule has 140 valence electrons. The average molecular weight is 372 g/mol. The number of esters is 1. The van der Waals surface area contributed by atoms with E-state index in [0.717, 1.165) is 11.3 Å². The fraction of sp³-hybridized carbons (Fsp3) is 0.688. The van der Waals surface area contributed by atoms with Gasteiger partial charge in [-0.05, 0) is 34.6 Å². The van der Waals surface area contributed by atoms with Gasteiger partial charge in [0.2, 0.25) is 0 Å². The Bertz CT molecular complexity index is 637. The summed E-state index contributed by atoms with van der Waals surface area (Å²) in [5.41, 5.74) is -0.524. The molecule has 9 heteroatoms. The van der Waals surface area contributed by atoms with E-state index in [0.29, 0.717) is 11.7 Å². The number of carbonyl (C=O) groups is 2. The quantitative estimate of drug-likeness (QED) is 0.751. The van der Waals surface area contributed by atoms with E-state index in [1.54, 1.807) is 20.8 Å². The van der Waals surface area contributed by atoms with Gasteiger partial charge in [-0.25, -0.2) is 14.6 Å². The highest BCUT2D eigenvalue weighted by Crippen LogP contribution is 2.27. The van der Waals surface area contributed by atoms with E-state index in [-0.39, 0.29) is 18.3 Å². The largest absolute Gasteiger partial charge is 0.464 e. The topological polar surface area (TPSA) is 87.2 Å². The Kier molecular flexibility index (Phi) is 5.70. The molecule has 1 fully saturated rings. The molecule has 0 saturated carbocycles. The van der Waals surface area contributed by atoms with Gasteiger partial charge in [0.25, 0.3) is 0 Å². The van der Waals surface area contributed by atoms with E-state index in [9.17, 15) is 9.59 Å². The maximum absolute atomic E-state index is 12.6. The van der Waals surface area contributed by atoms with Crippen LogP contribution in [0.1, 0.15) is 45.1 Å². The van der Waals surface area contributed by atoms with Gasteiger partial charge in [0.15, 0.2) is 16.6 Å². The van der Waals surface area contributed by atoms with Crippen molar-refractivity contribution in [3.63, 3.8) is 0 Å². The van der Waals surface area contributed by atoms with Crippen LogP contribution < -0.4 is 4.90 Å². The first kappa shape index (κ1) is 19.6. The normalized spacial score (nSPS) is 19.5. The molecule has 1 aromatic rings. The highest BCUT2D eigenvalue weighted by molar-refractivity contribution is 7.14. The zero-order chi connectivity index (χ0) is 18.8. The van der Waals surface area contributed by atoms with Gasteiger partial charge in [-0.1, -0.05) is 0 Å². The predicted octanol–water partition coefficient (Wildman–Crippen LogP) is 2.82. The number of nitrogens with zero attached hydrogens (tertiary/aromatic N) is 2. The number of aromatic nitrogens is 1. The molecule has 0 aromatic carbocycles. The summed E-state index contributed by atoms with van der Waals surface area (Å²) < 4.78 is 21.4. The molecule has 1 saturated heterocycles. The Balaban J connectivity index is 2.21. The Hall–Kier alpha value is -1.71. The van der Waals surface area contributed by atoms with Crippen molar-refractivity contribution in [3.8, 4) is 0 Å². The van der Waals surface area contributed by atoms with Crippen molar-refractivity contribution < 1.29 is 28.5 Å². The zero-order valence-electron chi connectivity index (χ0n) is 15.3. The second-order valence-corrected chi connectivity index (χ2v) is 7.89. The monoisotopic (exact) mass is 372 g/mol. The minimum absolute atomic E-state index is 0.139. The van der Waals surface area contributed by atoms with Crippen molar-refractivity contribution in [3.05, 3.63) is 11.1 Å². The van der Waals surface area contributed by atoms with Crippen LogP contribution >= 0.6 is 11.3 Å². The van der Waals surface area contributed by atoms with E-state index < -0.39 is 23.5 Å². The first-order chi connectivity index (χ1) is 11.5. The molecule has 0 bridgehead atoms. The van der Waals surface area contributed by atoms with Crippen LogP contribution in [0.25, 0.3) is 0 Å². The molecule has 1 aromatic heterocycles. The van der Waals surface area contributed by atoms with Crippen molar-refractivity contribution in [2.75, 3.05) is 25.2 Å². The number of methoxy groups -OCH3 is 1. The number of anilines is 1. The van der Waals surface area contributed by atoms with Crippen molar-refractivity contribution in [2.45, 2.75) is 52.1 Å². The van der Waals surface area contributed by atoms with Gasteiger partial charge in [-0.15, -0.1) is 11.3 Å². The molecular formula is C16H24N2O6S. The summed E-state index contributed by atoms with van der Waals surface area (Å²) in [6, 6.07) is 0. The van der Waals surface area contributed by atoms with Crippen molar-refractivity contribution in [1.82, 2.24) is 4.98 Å². The zero-order valence-corrected chi connectivity index (χ0v) is 16.1. The molecule has 1 atom stereocenters. The Morgan fingerprint density at radius 1 is 1.44 bits per heavy atom. The third-order valence-electron chi connectivity index (χ3n) is 3.18. The Morgan fingerprint density at radius 3 is 2.64 bits per heavy atom. The molecule has 8 nitrogen and oxygen atoms in total. The molecule has 0 aliphatic carbocycles. The third kappa shape index (κ3) is 5.38. The van der Waals surface area contributed by atoms with Gasteiger partial charge < -0.3 is 18.9 Å². The lowest BCUT2D eigenvalue weighted by Crippen LogP contribution is -2.42. The Morgan fingerprint density at radius 2 is 2.12 bits per heavy atom. The van der Waals surface area contributed by atoms with Crippen LogP contribution in [0.3, 0.4) is 0 Å². The molecule has 1 aliphatic heterocycles. The Labute approximate surface area is 151 Å². The lowest BCUT2D eigenvalue weighted by molar-refractivity contribution is -0.137. The molecule has 1 aliphatic rings. The minimum atomic E-state index is -0.704. The van der Waals surface area contributed by atoms with Crippen molar-refractivity contribution in [2.24, 2.45) is 0 Å². The maximum atomic E-state index is 12.6. The molecule has 0 spiro atoms. The second-order valence-electron chi connectivity index (χ2n) is 7.05. The number of ether oxygens (including phenoxy) is 4. The van der Waals surface area contributed by atoms with Crippen LogP contribution in [-0.4, -0.2) is 54.8 Å². The maximum Gasteiger partial charge on any atom is 0.416 e. The molecule has 0 N–H and O–H groups in total. The number of carbonyl (C=O) groups excluding carboxylic acids is 2. The van der Waals surface area contributed by atoms with E-state index >= 15 is 0 Å². The van der Waals surface area contributed by atoms with Gasteiger partial charge in [-0.2, -0.15) is 0 Å². The first-order valence-corrected chi connectivity index (χ1v) is 8.75. The molecule has 1 unspecified atom stereocenters. The molecule has 25 heavy (non-hydrogen) atoms. The predicted molar refractivity (Wildman–Crippen MR) is 91.9 cm³/mol. The van der Waals surface area contributed by atoms with Crippen LogP contribution in [-0.2, 0) is 18.9 Å². The van der Waals surface area contributed by atoms with Crippen LogP contribution in [0.15, 0.2) is 5.38 Å². The number of hydrogen-bond donors (Lipinski definition) is 0. The number of thiazole rings is 1. The van der Waals surface area contributed by atoms with Crippen LogP contribution in [0.5, 0.6) is 0 Å². The molecule has 2 heterocycles. The van der Waals surface area contributed by atoms with Crippen LogP contribution in [0.2, 0.25) is 0 Å². The summed E-state index contributed by atoms with van der Waals surface area (Å²) in [5, 5.41) is 1.87. The van der Waals surface area contributed by atoms with Gasteiger partial charge in [0.05, 0.1) is 20.3 Å². The summed E-state index contributed by atoms with van der Waals surface area (Å²) >= 11 is 1.16. The summed E-state index contributed by atoms with van der Waals surface area (Å²) in [4.78, 5) is 29.8. The fourth-order valence-electron chi connectivity index (χ4n) is 2.19. The standard InChI is InChI=1S/C16H24N2O6S/c1-15(2,3)24-14(20)18(7-10-8-22-16(4,5)23-10)13-17-11(9-25-13)12(19)21-6/h9-10H,7-8H2,1-6H3. The summed E-state index contributed by atoms with van der Waals surface area (Å²) in [7, 11) is 1.28. The van der Waals surface area contributed by atoms with Gasteiger partial charge >= 0.3 is 12.1 Å². The van der Waals surface area contributed by atoms with Gasteiger partial charge in [-0.3, -0.25) is 4.90 Å². The van der Waals surface area contributed by atoms with Crippen LogP contribution in [0, 0.1) is 0 Å². The number of hydrogen-bond acceptors (Lipinski definition) is 8. The number of amides is 1. The molecular weight excluding hydrogens is 348 g/mol. The summed E-state index contributed by atoms with van der Waals surface area (Å²) in [5.74, 6) is -1.27. The first-order valence-electron chi connectivity index (χ1n) is 7.87. The molecule has 0 radical (unpaired) electrons. The molecule has 2 rings (SSSR count). The van der Waals surface area contributed by atoms with Gasteiger partial charge in [0.1, 0.15) is 11.7 Å². The summed E-state index contributed by atoms with van der Waals surface area (Å²) in [6.45, 7) is 9.51. The van der Waals surface area contributed by atoms with Crippen molar-refractivity contribution in [1.29, 1.82) is 0 Å². The van der Waals surface area contributed by atoms with Crippen LogP contribution in [0.4, 0.5) is 9.93 Å². The summed E-state index contributed by atoms with van der Waals surface area (Å²) in [6.07, 6.45) is -0.889. The van der Waals surface area contributed by atoms with E-state index in [2.05, 4.69) is 9.72 Å². The number of rotatable bonds is 4. The van der Waals surface area contributed by atoms with Gasteiger partial charge in [0, 0.05) is 5.38 Å². The SMILES string of the molecule is COC(=O)c1csc(N(CC2COC(C)(C)O2)C(=O)OC(C)(C)C)n1. The third-order valence-corrected chi connectivity index (χ3v) is 4.05. The van der Waals surface area contributed by atoms with Crippen molar-refractivity contribution >= 4 is 28.5 Å².